The highest BCUT2D eigenvalue weighted by atomic mass is 16.6. The number of hydrogen-bond acceptors (Lipinski definition) is 5. The van der Waals surface area contributed by atoms with Crippen molar-refractivity contribution in [2.75, 3.05) is 18.5 Å². The van der Waals surface area contributed by atoms with Gasteiger partial charge in [0.25, 0.3) is 0 Å². The van der Waals surface area contributed by atoms with Crippen LogP contribution in [-0.2, 0) is 19.1 Å². The third-order valence-corrected chi connectivity index (χ3v) is 9.66. The smallest absolute Gasteiger partial charge is 0.306 e. The summed E-state index contributed by atoms with van der Waals surface area (Å²) in [5, 5.41) is 3.32. The van der Waals surface area contributed by atoms with Gasteiger partial charge in [-0.3, -0.25) is 9.59 Å². The minimum Gasteiger partial charge on any atom is -0.462 e. The first-order valence-corrected chi connectivity index (χ1v) is 21.4. The summed E-state index contributed by atoms with van der Waals surface area (Å²) in [5.74, 6) is -0.404. The molecule has 288 valence electrons. The first kappa shape index (κ1) is 45.7. The largest absolute Gasteiger partial charge is 0.462 e. The van der Waals surface area contributed by atoms with Crippen molar-refractivity contribution in [2.45, 2.75) is 213 Å². The van der Waals surface area contributed by atoms with Crippen LogP contribution in [0.25, 0.3) is 0 Å². The van der Waals surface area contributed by atoms with Gasteiger partial charge in [0.1, 0.15) is 6.61 Å². The van der Waals surface area contributed by atoms with Gasteiger partial charge < -0.3 is 14.8 Å². The van der Waals surface area contributed by atoms with Crippen molar-refractivity contribution in [2.24, 2.45) is 0 Å². The van der Waals surface area contributed by atoms with Crippen LogP contribution in [0.2, 0.25) is 0 Å². The van der Waals surface area contributed by atoms with Crippen LogP contribution in [0.15, 0.2) is 42.5 Å². The lowest BCUT2D eigenvalue weighted by Crippen LogP contribution is -2.31. The zero-order valence-electron chi connectivity index (χ0n) is 32.9. The fourth-order valence-corrected chi connectivity index (χ4v) is 6.41. The number of allylic oxidation sites excluding steroid dienone is 2. The molecule has 0 aromatic heterocycles. The topological polar surface area (TPSA) is 64.6 Å². The summed E-state index contributed by atoms with van der Waals surface area (Å²) < 4.78 is 11.4. The molecule has 0 spiro atoms. The second-order valence-corrected chi connectivity index (χ2v) is 14.6. The third kappa shape index (κ3) is 31.7. The van der Waals surface area contributed by atoms with Gasteiger partial charge in [-0.2, -0.15) is 0 Å². The van der Waals surface area contributed by atoms with Crippen LogP contribution in [-0.4, -0.2) is 31.2 Å². The minimum absolute atomic E-state index is 0.0928. The molecule has 1 aromatic rings. The molecule has 0 radical (unpaired) electrons. The predicted octanol–water partition coefficient (Wildman–Crippen LogP) is 13.9. The highest BCUT2D eigenvalue weighted by molar-refractivity contribution is 5.70. The lowest BCUT2D eigenvalue weighted by atomic mass is 10.0. The maximum atomic E-state index is 12.7. The summed E-state index contributed by atoms with van der Waals surface area (Å²) >= 11 is 0. The monoisotopic (exact) mass is 698 g/mol. The SMILES string of the molecule is CCCCCCCC/C=C\CCCCCCCC(=O)OC(CNc1ccccc1)COC(=O)CCCCCCCCCCCCCCCCC. The molecule has 0 saturated carbocycles. The van der Waals surface area contributed by atoms with Crippen molar-refractivity contribution < 1.29 is 19.1 Å². The van der Waals surface area contributed by atoms with Gasteiger partial charge in [-0.25, -0.2) is 0 Å². The Bertz CT molecular complexity index is 902. The molecule has 0 aliphatic rings. The summed E-state index contributed by atoms with van der Waals surface area (Å²) in [6.45, 7) is 5.05. The second-order valence-electron chi connectivity index (χ2n) is 14.6. The summed E-state index contributed by atoms with van der Waals surface area (Å²) in [5.41, 5.74) is 0.954. The Morgan fingerprint density at radius 2 is 0.940 bits per heavy atom. The maximum Gasteiger partial charge on any atom is 0.306 e. The van der Waals surface area contributed by atoms with Crippen LogP contribution < -0.4 is 5.32 Å². The van der Waals surface area contributed by atoms with Crippen molar-refractivity contribution in [3.8, 4) is 0 Å². The molecule has 0 aliphatic heterocycles. The average Bonchev–Trinajstić information content (AvgIpc) is 3.13. The normalized spacial score (nSPS) is 12.0. The molecule has 0 aliphatic carbocycles. The van der Waals surface area contributed by atoms with E-state index in [-0.39, 0.29) is 18.5 Å². The predicted molar refractivity (Wildman–Crippen MR) is 215 cm³/mol. The Hall–Kier alpha value is -2.30. The number of carbonyl (C=O) groups excluding carboxylic acids is 2. The summed E-state index contributed by atoms with van der Waals surface area (Å²) in [6, 6.07) is 9.86. The van der Waals surface area contributed by atoms with Crippen molar-refractivity contribution in [3.63, 3.8) is 0 Å². The van der Waals surface area contributed by atoms with Gasteiger partial charge in [0.05, 0.1) is 6.54 Å². The van der Waals surface area contributed by atoms with Gasteiger partial charge in [-0.15, -0.1) is 0 Å². The average molecular weight is 698 g/mol. The number of hydrogen-bond donors (Lipinski definition) is 1. The molecule has 0 fully saturated rings. The standard InChI is InChI=1S/C45H79NO4/c1-3-5-7-9-11-13-15-17-19-21-23-25-27-29-34-38-44(47)49-41-43(40-46-42-36-32-31-33-37-42)50-45(48)39-35-30-28-26-24-22-20-18-16-14-12-10-8-6-4-2/h18,20,31-33,36-37,43,46H,3-17,19,21-30,34-35,38-41H2,1-2H3/b20-18-. The number of unbranched alkanes of at least 4 members (excludes halogenated alkanes) is 25. The zero-order chi connectivity index (χ0) is 36.0. The van der Waals surface area contributed by atoms with Gasteiger partial charge in [0, 0.05) is 18.5 Å². The summed E-state index contributed by atoms with van der Waals surface area (Å²) in [7, 11) is 0. The number of carbonyl (C=O) groups is 2. The van der Waals surface area contributed by atoms with Crippen molar-refractivity contribution >= 4 is 17.6 Å². The van der Waals surface area contributed by atoms with E-state index in [4.69, 9.17) is 9.47 Å². The number of nitrogens with one attached hydrogen (secondary N) is 1. The first-order chi connectivity index (χ1) is 24.7. The van der Waals surface area contributed by atoms with Crippen LogP contribution in [0.3, 0.4) is 0 Å². The summed E-state index contributed by atoms with van der Waals surface area (Å²) in [4.78, 5) is 25.2. The number of esters is 2. The number of para-hydroxylation sites is 1. The molecule has 1 rings (SSSR count). The Morgan fingerprint density at radius 3 is 1.40 bits per heavy atom. The Kier molecular flexibility index (Phi) is 33.4. The Labute approximate surface area is 309 Å². The fraction of sp³-hybridized carbons (Fsp3) is 0.778. The van der Waals surface area contributed by atoms with Crippen LogP contribution in [0.1, 0.15) is 206 Å². The van der Waals surface area contributed by atoms with Crippen molar-refractivity contribution in [3.05, 3.63) is 42.5 Å². The maximum absolute atomic E-state index is 12.7. The highest BCUT2D eigenvalue weighted by Gasteiger charge is 2.17. The molecular formula is C45H79NO4. The first-order valence-electron chi connectivity index (χ1n) is 21.4. The molecule has 1 N–H and O–H groups in total. The lowest BCUT2D eigenvalue weighted by Gasteiger charge is -2.19. The van der Waals surface area contributed by atoms with Gasteiger partial charge in [0.15, 0.2) is 6.10 Å². The second kappa shape index (κ2) is 36.5. The van der Waals surface area contributed by atoms with E-state index in [2.05, 4.69) is 31.3 Å². The molecule has 1 atom stereocenters. The van der Waals surface area contributed by atoms with Crippen molar-refractivity contribution in [1.29, 1.82) is 0 Å². The molecule has 0 saturated heterocycles. The molecule has 1 unspecified atom stereocenters. The van der Waals surface area contributed by atoms with Crippen LogP contribution in [0.5, 0.6) is 0 Å². The molecule has 0 bridgehead atoms. The quantitative estimate of drug-likeness (QED) is 0.0426. The lowest BCUT2D eigenvalue weighted by molar-refractivity contribution is -0.158. The Morgan fingerprint density at radius 1 is 0.540 bits per heavy atom. The van der Waals surface area contributed by atoms with E-state index < -0.39 is 6.10 Å². The van der Waals surface area contributed by atoms with E-state index >= 15 is 0 Å². The van der Waals surface area contributed by atoms with E-state index in [0.29, 0.717) is 19.4 Å². The van der Waals surface area contributed by atoms with Crippen molar-refractivity contribution in [1.82, 2.24) is 0 Å². The molecule has 0 heterocycles. The van der Waals surface area contributed by atoms with E-state index in [9.17, 15) is 9.59 Å². The molecule has 1 aromatic carbocycles. The Balaban J connectivity index is 2.13. The zero-order valence-corrected chi connectivity index (χ0v) is 32.9. The molecule has 0 amide bonds. The van der Waals surface area contributed by atoms with E-state index in [1.807, 2.05) is 30.3 Å². The van der Waals surface area contributed by atoms with Gasteiger partial charge in [-0.05, 0) is 50.7 Å². The molecule has 5 heteroatoms. The molecule has 50 heavy (non-hydrogen) atoms. The van der Waals surface area contributed by atoms with E-state index in [0.717, 1.165) is 44.2 Å². The third-order valence-electron chi connectivity index (χ3n) is 9.66. The molecule has 5 nitrogen and oxygen atoms in total. The van der Waals surface area contributed by atoms with Crippen LogP contribution >= 0.6 is 0 Å². The van der Waals surface area contributed by atoms with E-state index in [1.165, 1.54) is 141 Å². The van der Waals surface area contributed by atoms with Gasteiger partial charge in [0.2, 0.25) is 0 Å². The summed E-state index contributed by atoms with van der Waals surface area (Å²) in [6.07, 6.45) is 40.5. The fourth-order valence-electron chi connectivity index (χ4n) is 6.41. The number of rotatable bonds is 37. The number of anilines is 1. The van der Waals surface area contributed by atoms with Gasteiger partial charge in [-0.1, -0.05) is 185 Å². The number of ether oxygens (including phenoxy) is 2. The number of benzene rings is 1. The van der Waals surface area contributed by atoms with Crippen LogP contribution in [0.4, 0.5) is 5.69 Å². The molecular weight excluding hydrogens is 618 g/mol. The van der Waals surface area contributed by atoms with Gasteiger partial charge >= 0.3 is 11.9 Å². The highest BCUT2D eigenvalue weighted by Crippen LogP contribution is 2.15. The minimum atomic E-state index is -0.504. The van der Waals surface area contributed by atoms with E-state index in [1.54, 1.807) is 0 Å². The van der Waals surface area contributed by atoms with Crippen LogP contribution in [0, 0.1) is 0 Å².